The Morgan fingerprint density at radius 2 is 2.26 bits per heavy atom. The van der Waals surface area contributed by atoms with Crippen LogP contribution in [0.25, 0.3) is 0 Å². The first-order valence-electron chi connectivity index (χ1n) is 5.51. The van der Waals surface area contributed by atoms with Gasteiger partial charge in [-0.3, -0.25) is 14.6 Å². The molecule has 2 amide bonds. The minimum Gasteiger partial charge on any atom is -0.334 e. The highest BCUT2D eigenvalue weighted by molar-refractivity contribution is 9.10. The lowest BCUT2D eigenvalue weighted by Gasteiger charge is -2.22. The second-order valence-electron chi connectivity index (χ2n) is 3.97. The summed E-state index contributed by atoms with van der Waals surface area (Å²) in [7, 11) is 1.49. The van der Waals surface area contributed by atoms with Crippen LogP contribution in [0.5, 0.6) is 0 Å². The Hall–Kier alpha value is -1.94. The summed E-state index contributed by atoms with van der Waals surface area (Å²) in [5.41, 5.74) is 0.425. The molecule has 0 unspecified atom stereocenters. The van der Waals surface area contributed by atoms with Crippen LogP contribution >= 0.6 is 15.9 Å². The molecule has 19 heavy (non-hydrogen) atoms. The number of anilines is 1. The molecule has 1 N–H and O–H groups in total. The largest absolute Gasteiger partial charge is 0.334 e. The number of hydrogen-bond acceptors (Lipinski definition) is 4. The number of nitrogens with zero attached hydrogens (tertiary/aromatic N) is 3. The first-order valence-corrected chi connectivity index (χ1v) is 6.30. The molecular weight excluding hydrogens is 312 g/mol. The fraction of sp³-hybridized carbons (Fsp3) is 0.333. The summed E-state index contributed by atoms with van der Waals surface area (Å²) in [5.74, 6) is -1.45. The molecule has 0 aliphatic carbocycles. The van der Waals surface area contributed by atoms with E-state index in [0.717, 1.165) is 0 Å². The van der Waals surface area contributed by atoms with Gasteiger partial charge in [-0.1, -0.05) is 0 Å². The second-order valence-corrected chi connectivity index (χ2v) is 4.89. The summed E-state index contributed by atoms with van der Waals surface area (Å²) in [6.45, 7) is 1.70. The van der Waals surface area contributed by atoms with Crippen LogP contribution in [-0.2, 0) is 9.59 Å². The third-order valence-electron chi connectivity index (χ3n) is 2.53. The van der Waals surface area contributed by atoms with Gasteiger partial charge in [0.15, 0.2) is 0 Å². The van der Waals surface area contributed by atoms with Gasteiger partial charge in [0.1, 0.15) is 0 Å². The molecule has 0 spiro atoms. The van der Waals surface area contributed by atoms with E-state index in [2.05, 4.69) is 26.2 Å². The van der Waals surface area contributed by atoms with E-state index in [1.165, 1.54) is 18.1 Å². The van der Waals surface area contributed by atoms with Crippen molar-refractivity contribution in [2.45, 2.75) is 19.4 Å². The lowest BCUT2D eigenvalue weighted by molar-refractivity contribution is -0.143. The molecule has 1 rings (SSSR count). The highest BCUT2D eigenvalue weighted by atomic mass is 79.9. The lowest BCUT2D eigenvalue weighted by Crippen LogP contribution is -2.42. The maximum absolute atomic E-state index is 11.8. The molecule has 1 aromatic heterocycles. The first kappa shape index (κ1) is 15.1. The number of rotatable bonds is 3. The van der Waals surface area contributed by atoms with Crippen molar-refractivity contribution in [1.29, 1.82) is 5.26 Å². The number of carbonyl (C=O) groups is 2. The summed E-state index contributed by atoms with van der Waals surface area (Å²) < 4.78 is 0.698. The minimum absolute atomic E-state index is 0.175. The van der Waals surface area contributed by atoms with Crippen LogP contribution in [0.2, 0.25) is 0 Å². The van der Waals surface area contributed by atoms with Gasteiger partial charge in [0.25, 0.3) is 0 Å². The van der Waals surface area contributed by atoms with Crippen LogP contribution in [0.3, 0.4) is 0 Å². The standard InChI is InChI=1S/C12H13BrN4O2/c1-8(3-4-14)17(2)12(19)11(18)16-10-5-9(13)6-15-7-10/h5-8H,3H2,1-2H3,(H,16,18)/t8-/m0/s1. The zero-order valence-electron chi connectivity index (χ0n) is 10.6. The number of hydrogen-bond donors (Lipinski definition) is 1. The number of likely N-dealkylation sites (N-methyl/N-ethyl adjacent to an activating group) is 1. The van der Waals surface area contributed by atoms with Crippen molar-refractivity contribution >= 4 is 33.4 Å². The highest BCUT2D eigenvalue weighted by Crippen LogP contribution is 2.13. The molecule has 100 valence electrons. The van der Waals surface area contributed by atoms with Gasteiger partial charge in [0.2, 0.25) is 0 Å². The van der Waals surface area contributed by atoms with E-state index < -0.39 is 11.8 Å². The number of nitrogens with one attached hydrogen (secondary N) is 1. The van der Waals surface area contributed by atoms with Gasteiger partial charge in [-0.05, 0) is 28.9 Å². The number of aromatic nitrogens is 1. The predicted molar refractivity (Wildman–Crippen MR) is 73.0 cm³/mol. The van der Waals surface area contributed by atoms with Crippen LogP contribution in [0.1, 0.15) is 13.3 Å². The third-order valence-corrected chi connectivity index (χ3v) is 2.96. The van der Waals surface area contributed by atoms with Crippen molar-refractivity contribution in [3.05, 3.63) is 22.9 Å². The molecule has 1 heterocycles. The molecule has 0 saturated carbocycles. The normalized spacial score (nSPS) is 11.3. The number of carbonyl (C=O) groups excluding carboxylic acids is 2. The molecule has 1 aromatic rings. The molecule has 0 aliphatic heterocycles. The van der Waals surface area contributed by atoms with Crippen LogP contribution < -0.4 is 5.32 Å². The van der Waals surface area contributed by atoms with Gasteiger partial charge < -0.3 is 10.2 Å². The summed E-state index contributed by atoms with van der Waals surface area (Å²) in [6, 6.07) is 3.28. The van der Waals surface area contributed by atoms with Crippen molar-refractivity contribution in [3.8, 4) is 6.07 Å². The van der Waals surface area contributed by atoms with Gasteiger partial charge in [0.05, 0.1) is 24.4 Å². The van der Waals surface area contributed by atoms with Crippen molar-refractivity contribution in [1.82, 2.24) is 9.88 Å². The van der Waals surface area contributed by atoms with E-state index in [4.69, 9.17) is 5.26 Å². The molecule has 0 aromatic carbocycles. The second kappa shape index (κ2) is 6.85. The van der Waals surface area contributed by atoms with E-state index in [1.54, 1.807) is 19.2 Å². The summed E-state index contributed by atoms with van der Waals surface area (Å²) in [6.07, 6.45) is 3.18. The monoisotopic (exact) mass is 324 g/mol. The Morgan fingerprint density at radius 1 is 1.58 bits per heavy atom. The summed E-state index contributed by atoms with van der Waals surface area (Å²) >= 11 is 3.22. The quantitative estimate of drug-likeness (QED) is 0.854. The Kier molecular flexibility index (Phi) is 5.45. The smallest absolute Gasteiger partial charge is 0.313 e. The molecule has 0 saturated heterocycles. The van der Waals surface area contributed by atoms with E-state index in [-0.39, 0.29) is 12.5 Å². The molecule has 0 aliphatic rings. The summed E-state index contributed by atoms with van der Waals surface area (Å²) in [5, 5.41) is 11.0. The van der Waals surface area contributed by atoms with Crippen LogP contribution in [-0.4, -0.2) is 34.8 Å². The highest BCUT2D eigenvalue weighted by Gasteiger charge is 2.22. The fourth-order valence-corrected chi connectivity index (χ4v) is 1.66. The Labute approximate surface area is 119 Å². The van der Waals surface area contributed by atoms with E-state index in [9.17, 15) is 9.59 Å². The topological polar surface area (TPSA) is 86.1 Å². The first-order chi connectivity index (χ1) is 8.95. The molecule has 0 fully saturated rings. The fourth-order valence-electron chi connectivity index (χ4n) is 1.29. The van der Waals surface area contributed by atoms with Crippen LogP contribution in [0, 0.1) is 11.3 Å². The Morgan fingerprint density at radius 3 is 2.84 bits per heavy atom. The average molecular weight is 325 g/mol. The van der Waals surface area contributed by atoms with Gasteiger partial charge in [0, 0.05) is 23.8 Å². The predicted octanol–water partition coefficient (Wildman–Crippen LogP) is 1.54. The lowest BCUT2D eigenvalue weighted by atomic mass is 10.2. The Bertz CT molecular complexity index is 527. The van der Waals surface area contributed by atoms with E-state index in [0.29, 0.717) is 10.2 Å². The van der Waals surface area contributed by atoms with Gasteiger partial charge in [-0.25, -0.2) is 0 Å². The molecular formula is C12H13BrN4O2. The molecule has 0 bridgehead atoms. The van der Waals surface area contributed by atoms with Crippen LogP contribution in [0.4, 0.5) is 5.69 Å². The van der Waals surface area contributed by atoms with Crippen molar-refractivity contribution in [3.63, 3.8) is 0 Å². The zero-order valence-corrected chi connectivity index (χ0v) is 12.1. The number of halogens is 1. The average Bonchev–Trinajstić information content (AvgIpc) is 2.37. The maximum atomic E-state index is 11.8. The van der Waals surface area contributed by atoms with E-state index in [1.807, 2.05) is 6.07 Å². The van der Waals surface area contributed by atoms with Crippen molar-refractivity contribution in [2.75, 3.05) is 12.4 Å². The number of nitriles is 1. The molecule has 1 atom stereocenters. The third kappa shape index (κ3) is 4.34. The number of pyridine rings is 1. The van der Waals surface area contributed by atoms with Crippen molar-refractivity contribution < 1.29 is 9.59 Å². The molecule has 6 nitrogen and oxygen atoms in total. The van der Waals surface area contributed by atoms with Crippen LogP contribution in [0.15, 0.2) is 22.9 Å². The SMILES string of the molecule is C[C@@H](CC#N)N(C)C(=O)C(=O)Nc1cncc(Br)c1. The Balaban J connectivity index is 2.68. The summed E-state index contributed by atoms with van der Waals surface area (Å²) in [4.78, 5) is 28.7. The van der Waals surface area contributed by atoms with Gasteiger partial charge in [-0.15, -0.1) is 0 Å². The van der Waals surface area contributed by atoms with Crippen molar-refractivity contribution in [2.24, 2.45) is 0 Å². The molecule has 0 radical (unpaired) electrons. The number of amides is 2. The van der Waals surface area contributed by atoms with E-state index >= 15 is 0 Å². The zero-order chi connectivity index (χ0) is 14.4. The van der Waals surface area contributed by atoms with Gasteiger partial charge >= 0.3 is 11.8 Å². The maximum Gasteiger partial charge on any atom is 0.313 e. The minimum atomic E-state index is -0.757. The van der Waals surface area contributed by atoms with Gasteiger partial charge in [-0.2, -0.15) is 5.26 Å². The molecule has 7 heteroatoms.